The Morgan fingerprint density at radius 3 is 2.58 bits per heavy atom. The second-order valence-corrected chi connectivity index (χ2v) is 6.07. The molecule has 0 fully saturated rings. The van der Waals surface area contributed by atoms with E-state index in [4.69, 9.17) is 5.11 Å². The minimum atomic E-state index is -0.906. The van der Waals surface area contributed by atoms with Gasteiger partial charge in [0.25, 0.3) is 0 Å². The fraction of sp³-hybridized carbons (Fsp3) is 0.538. The van der Waals surface area contributed by atoms with Gasteiger partial charge in [0.15, 0.2) is 0 Å². The van der Waals surface area contributed by atoms with Gasteiger partial charge in [-0.1, -0.05) is 0 Å². The summed E-state index contributed by atoms with van der Waals surface area (Å²) in [6.07, 6.45) is -0.0467. The zero-order chi connectivity index (χ0) is 14.6. The number of hydrogen-bond acceptors (Lipinski definition) is 3. The molecule has 0 aliphatic rings. The average Bonchev–Trinajstić information content (AvgIpc) is 2.65. The largest absolute Gasteiger partial charge is 0.481 e. The molecule has 1 aromatic heterocycles. The predicted octanol–water partition coefficient (Wildman–Crippen LogP) is 2.54. The summed E-state index contributed by atoms with van der Waals surface area (Å²) in [5, 5.41) is 11.5. The van der Waals surface area contributed by atoms with E-state index in [9.17, 15) is 9.59 Å². The molecular formula is C13H20N2O3S. The number of nitrogens with zero attached hydrogens (tertiary/aromatic N) is 1. The molecule has 0 aliphatic heterocycles. The van der Waals surface area contributed by atoms with Crippen molar-refractivity contribution in [2.75, 3.05) is 13.6 Å². The van der Waals surface area contributed by atoms with E-state index in [-0.39, 0.29) is 25.0 Å². The summed E-state index contributed by atoms with van der Waals surface area (Å²) < 4.78 is 0. The number of thiophene rings is 1. The highest BCUT2D eigenvalue weighted by Crippen LogP contribution is 2.26. The van der Waals surface area contributed by atoms with Crippen LogP contribution in [0.25, 0.3) is 0 Å². The summed E-state index contributed by atoms with van der Waals surface area (Å²) in [5.41, 5.74) is 1.11. The van der Waals surface area contributed by atoms with Crippen LogP contribution in [0, 0.1) is 13.8 Å². The summed E-state index contributed by atoms with van der Waals surface area (Å²) in [5.74, 6) is -0.906. The molecule has 0 saturated heterocycles. The molecule has 2 N–H and O–H groups in total. The van der Waals surface area contributed by atoms with Crippen molar-refractivity contribution >= 4 is 23.3 Å². The minimum absolute atomic E-state index is 0.0467. The van der Waals surface area contributed by atoms with Crippen LogP contribution in [0.3, 0.4) is 0 Å². The number of aliphatic carboxylic acids is 1. The first-order chi connectivity index (χ1) is 8.81. The highest BCUT2D eigenvalue weighted by atomic mass is 32.1. The molecule has 1 rings (SSSR count). The van der Waals surface area contributed by atoms with Crippen LogP contribution < -0.4 is 5.32 Å². The zero-order valence-electron chi connectivity index (χ0n) is 11.7. The van der Waals surface area contributed by atoms with Crippen molar-refractivity contribution in [3.8, 4) is 0 Å². The SMILES string of the molecule is Cc1cc(C(C)NC(=O)N(C)CCC(=O)O)c(C)s1. The Bertz CT molecular complexity index is 470. The maximum absolute atomic E-state index is 11.9. The van der Waals surface area contributed by atoms with Crippen LogP contribution in [0.5, 0.6) is 0 Å². The van der Waals surface area contributed by atoms with Crippen molar-refractivity contribution < 1.29 is 14.7 Å². The molecule has 0 aliphatic carbocycles. The third kappa shape index (κ3) is 4.55. The number of carboxylic acid groups (broad SMARTS) is 1. The molecule has 1 unspecified atom stereocenters. The van der Waals surface area contributed by atoms with Crippen LogP contribution in [0.1, 0.15) is 34.7 Å². The van der Waals surface area contributed by atoms with E-state index >= 15 is 0 Å². The van der Waals surface area contributed by atoms with Crippen molar-refractivity contribution in [1.82, 2.24) is 10.2 Å². The predicted molar refractivity (Wildman–Crippen MR) is 75.6 cm³/mol. The number of urea groups is 1. The fourth-order valence-corrected chi connectivity index (χ4v) is 2.84. The van der Waals surface area contributed by atoms with Crippen LogP contribution in [-0.2, 0) is 4.79 Å². The average molecular weight is 284 g/mol. The van der Waals surface area contributed by atoms with Gasteiger partial charge < -0.3 is 15.3 Å². The van der Waals surface area contributed by atoms with Gasteiger partial charge >= 0.3 is 12.0 Å². The van der Waals surface area contributed by atoms with E-state index in [1.54, 1.807) is 18.4 Å². The standard InChI is InChI=1S/C13H20N2O3S/c1-8-7-11(10(3)19-8)9(2)14-13(18)15(4)6-5-12(16)17/h7,9H,5-6H2,1-4H3,(H,14,18)(H,16,17). The topological polar surface area (TPSA) is 69.6 Å². The van der Waals surface area contributed by atoms with Crippen LogP contribution in [0.2, 0.25) is 0 Å². The molecule has 19 heavy (non-hydrogen) atoms. The lowest BCUT2D eigenvalue weighted by Crippen LogP contribution is -2.39. The summed E-state index contributed by atoms with van der Waals surface area (Å²) in [6.45, 7) is 6.20. The zero-order valence-corrected chi connectivity index (χ0v) is 12.5. The van der Waals surface area contributed by atoms with Crippen LogP contribution in [-0.4, -0.2) is 35.6 Å². The molecule has 1 heterocycles. The van der Waals surface area contributed by atoms with E-state index in [0.29, 0.717) is 0 Å². The summed E-state index contributed by atoms with van der Waals surface area (Å²) in [7, 11) is 1.59. The van der Waals surface area contributed by atoms with E-state index < -0.39 is 5.97 Å². The normalized spacial score (nSPS) is 12.0. The van der Waals surface area contributed by atoms with E-state index in [0.717, 1.165) is 5.56 Å². The van der Waals surface area contributed by atoms with Crippen molar-refractivity contribution in [1.29, 1.82) is 0 Å². The Labute approximate surface area is 117 Å². The molecular weight excluding hydrogens is 264 g/mol. The first-order valence-electron chi connectivity index (χ1n) is 6.11. The monoisotopic (exact) mass is 284 g/mol. The number of amides is 2. The number of rotatable bonds is 5. The Morgan fingerprint density at radius 1 is 1.47 bits per heavy atom. The minimum Gasteiger partial charge on any atom is -0.481 e. The molecule has 0 bridgehead atoms. The molecule has 0 spiro atoms. The van der Waals surface area contributed by atoms with E-state index in [2.05, 4.69) is 11.4 Å². The van der Waals surface area contributed by atoms with Gasteiger partial charge in [0.1, 0.15) is 0 Å². The molecule has 0 aromatic carbocycles. The van der Waals surface area contributed by atoms with E-state index in [1.807, 2.05) is 20.8 Å². The number of carboxylic acids is 1. The number of carbonyl (C=O) groups excluding carboxylic acids is 1. The van der Waals surface area contributed by atoms with Crippen molar-refractivity contribution in [3.63, 3.8) is 0 Å². The highest BCUT2D eigenvalue weighted by Gasteiger charge is 2.16. The molecule has 0 saturated carbocycles. The molecule has 6 heteroatoms. The number of hydrogen-bond donors (Lipinski definition) is 2. The van der Waals surface area contributed by atoms with Gasteiger partial charge in [-0.3, -0.25) is 4.79 Å². The van der Waals surface area contributed by atoms with Crippen molar-refractivity contribution in [2.45, 2.75) is 33.2 Å². The molecule has 1 atom stereocenters. The van der Waals surface area contributed by atoms with Gasteiger partial charge in [-0.25, -0.2) is 4.79 Å². The quantitative estimate of drug-likeness (QED) is 0.873. The lowest BCUT2D eigenvalue weighted by atomic mass is 10.1. The van der Waals surface area contributed by atoms with Crippen LogP contribution >= 0.6 is 11.3 Å². The highest BCUT2D eigenvalue weighted by molar-refractivity contribution is 7.12. The van der Waals surface area contributed by atoms with Gasteiger partial charge in [0, 0.05) is 23.3 Å². The lowest BCUT2D eigenvalue weighted by molar-refractivity contribution is -0.137. The van der Waals surface area contributed by atoms with Gasteiger partial charge in [-0.15, -0.1) is 11.3 Å². The molecule has 2 amide bonds. The van der Waals surface area contributed by atoms with Gasteiger partial charge in [0.2, 0.25) is 0 Å². The summed E-state index contributed by atoms with van der Waals surface area (Å²) >= 11 is 1.70. The third-order valence-corrected chi connectivity index (χ3v) is 3.88. The maximum atomic E-state index is 11.9. The Balaban J connectivity index is 2.56. The first-order valence-corrected chi connectivity index (χ1v) is 6.93. The molecule has 0 radical (unpaired) electrons. The second-order valence-electron chi connectivity index (χ2n) is 4.61. The van der Waals surface area contributed by atoms with Crippen molar-refractivity contribution in [2.24, 2.45) is 0 Å². The van der Waals surface area contributed by atoms with Gasteiger partial charge in [-0.05, 0) is 32.4 Å². The Hall–Kier alpha value is -1.56. The smallest absolute Gasteiger partial charge is 0.317 e. The number of carbonyl (C=O) groups is 2. The molecule has 106 valence electrons. The van der Waals surface area contributed by atoms with Crippen LogP contribution in [0.15, 0.2) is 6.07 Å². The van der Waals surface area contributed by atoms with Crippen LogP contribution in [0.4, 0.5) is 4.79 Å². The lowest BCUT2D eigenvalue weighted by Gasteiger charge is -2.21. The summed E-state index contributed by atoms with van der Waals surface area (Å²) in [4.78, 5) is 26.1. The number of aryl methyl sites for hydroxylation is 2. The van der Waals surface area contributed by atoms with E-state index in [1.165, 1.54) is 14.7 Å². The van der Waals surface area contributed by atoms with Crippen molar-refractivity contribution in [3.05, 3.63) is 21.4 Å². The maximum Gasteiger partial charge on any atom is 0.317 e. The number of nitrogens with one attached hydrogen (secondary N) is 1. The molecule has 5 nitrogen and oxygen atoms in total. The Morgan fingerprint density at radius 2 is 2.11 bits per heavy atom. The van der Waals surface area contributed by atoms with Gasteiger partial charge in [0.05, 0.1) is 12.5 Å². The Kier molecular flexibility index (Phi) is 5.35. The first kappa shape index (κ1) is 15.5. The second kappa shape index (κ2) is 6.56. The third-order valence-electron chi connectivity index (χ3n) is 2.89. The van der Waals surface area contributed by atoms with Gasteiger partial charge in [-0.2, -0.15) is 0 Å². The fourth-order valence-electron chi connectivity index (χ4n) is 1.82. The summed E-state index contributed by atoms with van der Waals surface area (Å²) in [6, 6.07) is 1.74. The molecule has 1 aromatic rings.